The lowest BCUT2D eigenvalue weighted by molar-refractivity contribution is 0.187. The number of anilines is 1. The fourth-order valence-corrected chi connectivity index (χ4v) is 2.09. The third-order valence-corrected chi connectivity index (χ3v) is 2.99. The van der Waals surface area contributed by atoms with Gasteiger partial charge in [-0.2, -0.15) is 5.10 Å². The first-order valence-electron chi connectivity index (χ1n) is 6.43. The van der Waals surface area contributed by atoms with Crippen molar-refractivity contribution < 1.29 is 5.11 Å². The Morgan fingerprint density at radius 2 is 2.16 bits per heavy atom. The summed E-state index contributed by atoms with van der Waals surface area (Å²) in [6.45, 7) is 4.32. The minimum atomic E-state index is 0.128. The zero-order valence-electron chi connectivity index (χ0n) is 11.4. The number of fused-ring (bicyclic) bond motifs is 1. The molecule has 2 aromatic rings. The maximum atomic E-state index is 9.06. The summed E-state index contributed by atoms with van der Waals surface area (Å²) in [4.78, 5) is 10.9. The van der Waals surface area contributed by atoms with Crippen LogP contribution in [0, 0.1) is 0 Å². The van der Waals surface area contributed by atoms with Gasteiger partial charge in [0.05, 0.1) is 24.7 Å². The normalized spacial score (nSPS) is 11.6. The lowest BCUT2D eigenvalue weighted by Gasteiger charge is -2.19. The first-order valence-corrected chi connectivity index (χ1v) is 6.43. The second-order valence-electron chi connectivity index (χ2n) is 4.53. The Balaban J connectivity index is 2.26. The first-order chi connectivity index (χ1) is 9.15. The zero-order valence-corrected chi connectivity index (χ0v) is 11.4. The van der Waals surface area contributed by atoms with Gasteiger partial charge in [0.25, 0.3) is 0 Å². The molecule has 0 radical (unpaired) electrons. The molecule has 2 heterocycles. The Bertz CT molecular complexity index is 546. The van der Waals surface area contributed by atoms with E-state index in [0.717, 1.165) is 24.0 Å². The van der Waals surface area contributed by atoms with Crippen molar-refractivity contribution >= 4 is 16.9 Å². The maximum Gasteiger partial charge on any atom is 0.163 e. The molecule has 0 fully saturated rings. The Hall–Kier alpha value is -1.73. The SMILES string of the molecule is CCCN(CCO)Cc1nc(N)c2cnn(C)c2n1. The van der Waals surface area contributed by atoms with Crippen molar-refractivity contribution in [2.45, 2.75) is 19.9 Å². The van der Waals surface area contributed by atoms with E-state index in [2.05, 4.69) is 26.9 Å². The summed E-state index contributed by atoms with van der Waals surface area (Å²) in [7, 11) is 1.83. The van der Waals surface area contributed by atoms with Crippen molar-refractivity contribution in [1.82, 2.24) is 24.6 Å². The van der Waals surface area contributed by atoms with Gasteiger partial charge in [-0.3, -0.25) is 9.58 Å². The molecule has 0 bridgehead atoms. The van der Waals surface area contributed by atoms with E-state index in [-0.39, 0.29) is 6.61 Å². The van der Waals surface area contributed by atoms with Crippen LogP contribution in [-0.2, 0) is 13.6 Å². The molecule has 19 heavy (non-hydrogen) atoms. The monoisotopic (exact) mass is 264 g/mol. The minimum Gasteiger partial charge on any atom is -0.395 e. The van der Waals surface area contributed by atoms with Crippen LogP contribution < -0.4 is 5.73 Å². The Morgan fingerprint density at radius 3 is 2.84 bits per heavy atom. The minimum absolute atomic E-state index is 0.128. The van der Waals surface area contributed by atoms with E-state index in [9.17, 15) is 0 Å². The summed E-state index contributed by atoms with van der Waals surface area (Å²) in [5.41, 5.74) is 6.66. The highest BCUT2D eigenvalue weighted by molar-refractivity contribution is 5.84. The van der Waals surface area contributed by atoms with Gasteiger partial charge in [-0.1, -0.05) is 6.92 Å². The molecule has 0 unspecified atom stereocenters. The summed E-state index contributed by atoms with van der Waals surface area (Å²) < 4.78 is 1.69. The number of hydrogen-bond acceptors (Lipinski definition) is 6. The van der Waals surface area contributed by atoms with Crippen molar-refractivity contribution in [2.24, 2.45) is 7.05 Å². The lowest BCUT2D eigenvalue weighted by atomic mass is 10.3. The van der Waals surface area contributed by atoms with Gasteiger partial charge in [-0.15, -0.1) is 0 Å². The van der Waals surface area contributed by atoms with E-state index in [4.69, 9.17) is 10.8 Å². The van der Waals surface area contributed by atoms with Crippen LogP contribution in [0.25, 0.3) is 11.0 Å². The second-order valence-corrected chi connectivity index (χ2v) is 4.53. The quantitative estimate of drug-likeness (QED) is 0.771. The Kier molecular flexibility index (Phi) is 4.28. The van der Waals surface area contributed by atoms with Gasteiger partial charge >= 0.3 is 0 Å². The van der Waals surface area contributed by atoms with Gasteiger partial charge in [-0.25, -0.2) is 9.97 Å². The molecule has 0 aliphatic heterocycles. The number of aromatic nitrogens is 4. The van der Waals surface area contributed by atoms with Gasteiger partial charge < -0.3 is 10.8 Å². The molecule has 0 aromatic carbocycles. The van der Waals surface area contributed by atoms with Gasteiger partial charge in [-0.05, 0) is 13.0 Å². The average molecular weight is 264 g/mol. The molecule has 0 spiro atoms. The standard InChI is InChI=1S/C12H20N6O/c1-3-4-18(5-6-19)8-10-15-11(13)9-7-14-17(2)12(9)16-10/h7,19H,3-6,8H2,1-2H3,(H2,13,15,16). The third kappa shape index (κ3) is 2.99. The molecule has 0 amide bonds. The number of nitrogens with two attached hydrogens (primary N) is 1. The molecule has 3 N–H and O–H groups in total. The van der Waals surface area contributed by atoms with Gasteiger partial charge in [0.15, 0.2) is 5.65 Å². The topological polar surface area (TPSA) is 93.1 Å². The highest BCUT2D eigenvalue weighted by atomic mass is 16.3. The number of nitrogens with zero attached hydrogens (tertiary/aromatic N) is 5. The van der Waals surface area contributed by atoms with Crippen LogP contribution in [0.15, 0.2) is 6.20 Å². The number of aliphatic hydroxyl groups is 1. The Labute approximate surface area is 112 Å². The summed E-state index contributed by atoms with van der Waals surface area (Å²) in [6.07, 6.45) is 2.69. The molecule has 0 saturated carbocycles. The number of aliphatic hydroxyl groups excluding tert-OH is 1. The lowest BCUT2D eigenvalue weighted by Crippen LogP contribution is -2.28. The second kappa shape index (κ2) is 5.94. The molecule has 2 rings (SSSR count). The van der Waals surface area contributed by atoms with Gasteiger partial charge in [0.2, 0.25) is 0 Å². The van der Waals surface area contributed by atoms with Crippen LogP contribution in [0.2, 0.25) is 0 Å². The maximum absolute atomic E-state index is 9.06. The van der Waals surface area contributed by atoms with Crippen LogP contribution in [0.4, 0.5) is 5.82 Å². The molecular formula is C12H20N6O. The number of aryl methyl sites for hydroxylation is 1. The van der Waals surface area contributed by atoms with Crippen LogP contribution in [-0.4, -0.2) is 49.5 Å². The molecule has 7 heteroatoms. The Morgan fingerprint density at radius 1 is 1.37 bits per heavy atom. The van der Waals surface area contributed by atoms with E-state index in [1.165, 1.54) is 0 Å². The summed E-state index contributed by atoms with van der Waals surface area (Å²) >= 11 is 0. The molecule has 0 aliphatic carbocycles. The molecule has 2 aromatic heterocycles. The number of rotatable bonds is 6. The van der Waals surface area contributed by atoms with Crippen molar-refractivity contribution in [1.29, 1.82) is 0 Å². The molecule has 104 valence electrons. The number of nitrogen functional groups attached to an aromatic ring is 1. The molecule has 0 saturated heterocycles. The largest absolute Gasteiger partial charge is 0.395 e. The van der Waals surface area contributed by atoms with Crippen LogP contribution in [0.3, 0.4) is 0 Å². The van der Waals surface area contributed by atoms with Crippen molar-refractivity contribution in [2.75, 3.05) is 25.4 Å². The van der Waals surface area contributed by atoms with Crippen molar-refractivity contribution in [3.63, 3.8) is 0 Å². The fourth-order valence-electron chi connectivity index (χ4n) is 2.09. The van der Waals surface area contributed by atoms with E-state index < -0.39 is 0 Å². The van der Waals surface area contributed by atoms with Crippen molar-refractivity contribution in [3.05, 3.63) is 12.0 Å². The summed E-state index contributed by atoms with van der Waals surface area (Å²) in [6, 6.07) is 0. The highest BCUT2D eigenvalue weighted by Gasteiger charge is 2.12. The van der Waals surface area contributed by atoms with Gasteiger partial charge in [0, 0.05) is 13.6 Å². The van der Waals surface area contributed by atoms with Crippen LogP contribution in [0.1, 0.15) is 19.2 Å². The zero-order chi connectivity index (χ0) is 13.8. The van der Waals surface area contributed by atoms with Crippen LogP contribution in [0.5, 0.6) is 0 Å². The summed E-state index contributed by atoms with van der Waals surface area (Å²) in [5.74, 6) is 1.11. The number of hydrogen-bond donors (Lipinski definition) is 2. The molecular weight excluding hydrogens is 244 g/mol. The van der Waals surface area contributed by atoms with Crippen LogP contribution >= 0.6 is 0 Å². The first kappa shape index (κ1) is 13.7. The van der Waals surface area contributed by atoms with E-state index in [0.29, 0.717) is 24.7 Å². The van der Waals surface area contributed by atoms with E-state index >= 15 is 0 Å². The van der Waals surface area contributed by atoms with Crippen molar-refractivity contribution in [3.8, 4) is 0 Å². The molecule has 7 nitrogen and oxygen atoms in total. The highest BCUT2D eigenvalue weighted by Crippen LogP contribution is 2.17. The van der Waals surface area contributed by atoms with E-state index in [1.807, 2.05) is 7.05 Å². The summed E-state index contributed by atoms with van der Waals surface area (Å²) in [5, 5.41) is 14.0. The fraction of sp³-hybridized carbons (Fsp3) is 0.583. The third-order valence-electron chi connectivity index (χ3n) is 2.99. The predicted molar refractivity (Wildman–Crippen MR) is 73.4 cm³/mol. The molecule has 0 atom stereocenters. The smallest absolute Gasteiger partial charge is 0.163 e. The van der Waals surface area contributed by atoms with E-state index in [1.54, 1.807) is 10.9 Å². The average Bonchev–Trinajstić information content (AvgIpc) is 2.73. The molecule has 0 aliphatic rings. The van der Waals surface area contributed by atoms with Gasteiger partial charge in [0.1, 0.15) is 11.6 Å². The predicted octanol–water partition coefficient (Wildman–Crippen LogP) is 0.150.